The first-order valence-corrected chi connectivity index (χ1v) is 3.94. The van der Waals surface area contributed by atoms with Crippen LogP contribution in [0.2, 0.25) is 0 Å². The predicted octanol–water partition coefficient (Wildman–Crippen LogP) is -2.71. The first-order chi connectivity index (χ1) is 7.22. The summed E-state index contributed by atoms with van der Waals surface area (Å²) in [5, 5.41) is 39.8. The van der Waals surface area contributed by atoms with Gasteiger partial charge in [-0.05, 0) is 0 Å². The fraction of sp³-hybridized carbons (Fsp3) is 0.571. The Morgan fingerprint density at radius 3 is 1.53 bits per heavy atom. The molecule has 0 aromatic carbocycles. The molecule has 0 aromatic rings. The third kappa shape index (κ3) is 14.8. The van der Waals surface area contributed by atoms with E-state index in [-0.39, 0.29) is 17.1 Å². The molecule has 0 amide bonds. The van der Waals surface area contributed by atoms with Crippen molar-refractivity contribution in [2.75, 3.05) is 6.61 Å². The predicted molar refractivity (Wildman–Crippen MR) is 48.6 cm³/mol. The molecular formula is C7H13FeNO8. The van der Waals surface area contributed by atoms with E-state index in [0.717, 1.165) is 0 Å². The van der Waals surface area contributed by atoms with Gasteiger partial charge in [-0.3, -0.25) is 9.59 Å². The molecule has 0 spiro atoms. The van der Waals surface area contributed by atoms with Gasteiger partial charge < -0.3 is 31.3 Å². The number of aliphatic hydroxyl groups is 2. The van der Waals surface area contributed by atoms with Crippen molar-refractivity contribution < 1.29 is 57.0 Å². The van der Waals surface area contributed by atoms with Crippen LogP contribution >= 0.6 is 0 Å². The molecule has 0 aliphatic heterocycles. The van der Waals surface area contributed by atoms with E-state index in [1.54, 1.807) is 0 Å². The Labute approximate surface area is 106 Å². The van der Waals surface area contributed by atoms with E-state index < -0.39 is 43.1 Å². The molecule has 0 aliphatic rings. The molecule has 7 N–H and O–H groups in total. The second kappa shape index (κ2) is 11.3. The van der Waals surface area contributed by atoms with Crippen molar-refractivity contribution in [3.05, 3.63) is 0 Å². The molecule has 2 unspecified atom stereocenters. The molecule has 0 aromatic heterocycles. The minimum Gasteiger partial charge on any atom is -0.481 e. The maximum absolute atomic E-state index is 9.85. The van der Waals surface area contributed by atoms with Gasteiger partial charge in [-0.2, -0.15) is 0 Å². The number of hydrogen-bond donors (Lipinski definition) is 6. The third-order valence-electron chi connectivity index (χ3n) is 1.17. The van der Waals surface area contributed by atoms with Gasteiger partial charge in [-0.1, -0.05) is 0 Å². The van der Waals surface area contributed by atoms with E-state index in [1.807, 2.05) is 0 Å². The number of carboxylic acids is 3. The molecule has 9 nitrogen and oxygen atoms in total. The summed E-state index contributed by atoms with van der Waals surface area (Å²) in [6.07, 6.45) is -2.16. The van der Waals surface area contributed by atoms with Gasteiger partial charge in [0.25, 0.3) is 0 Å². The first-order valence-electron chi connectivity index (χ1n) is 3.94. The SMILES string of the molecule is NC(CC(=O)O)C(=O)O.O=C(O)C(O)CO.[Fe]. The summed E-state index contributed by atoms with van der Waals surface area (Å²) < 4.78 is 0. The normalized spacial score (nSPS) is 12.2. The molecule has 0 rings (SSSR count). The average molecular weight is 295 g/mol. The van der Waals surface area contributed by atoms with Crippen LogP contribution in [0.4, 0.5) is 0 Å². The number of carbonyl (C=O) groups is 3. The van der Waals surface area contributed by atoms with Crippen molar-refractivity contribution in [3.63, 3.8) is 0 Å². The number of aliphatic carboxylic acids is 3. The minimum atomic E-state index is -1.63. The summed E-state index contributed by atoms with van der Waals surface area (Å²) in [6, 6.07) is -1.29. The Bertz CT molecular complexity index is 258. The summed E-state index contributed by atoms with van der Waals surface area (Å²) in [5.74, 6) is -3.90. The maximum Gasteiger partial charge on any atom is 0.334 e. The van der Waals surface area contributed by atoms with E-state index >= 15 is 0 Å². The summed E-state index contributed by atoms with van der Waals surface area (Å²) in [4.78, 5) is 29.1. The van der Waals surface area contributed by atoms with Crippen LogP contribution in [0.3, 0.4) is 0 Å². The van der Waals surface area contributed by atoms with Gasteiger partial charge in [0, 0.05) is 17.1 Å². The standard InChI is InChI=1S/C4H7NO4.C3H6O4.Fe/c5-2(4(8)9)1-3(6)7;4-1-2(5)3(6)7;/h2H,1,5H2,(H,6,7)(H,8,9);2,4-5H,1H2,(H,6,7);. The monoisotopic (exact) mass is 295 g/mol. The van der Waals surface area contributed by atoms with E-state index in [0.29, 0.717) is 0 Å². The van der Waals surface area contributed by atoms with Crippen LogP contribution in [0.5, 0.6) is 0 Å². The maximum atomic E-state index is 9.85. The van der Waals surface area contributed by atoms with E-state index in [4.69, 9.17) is 31.3 Å². The minimum absolute atomic E-state index is 0. The number of aliphatic hydroxyl groups excluding tert-OH is 2. The second-order valence-electron chi connectivity index (χ2n) is 2.58. The van der Waals surface area contributed by atoms with Crippen LogP contribution in [0.1, 0.15) is 6.42 Å². The van der Waals surface area contributed by atoms with Crippen LogP contribution in [-0.4, -0.2) is 62.2 Å². The molecule has 0 heterocycles. The number of hydrogen-bond acceptors (Lipinski definition) is 6. The van der Waals surface area contributed by atoms with Crippen molar-refractivity contribution in [2.45, 2.75) is 18.6 Å². The van der Waals surface area contributed by atoms with Gasteiger partial charge in [0.15, 0.2) is 6.10 Å². The molecule has 0 radical (unpaired) electrons. The summed E-state index contributed by atoms with van der Waals surface area (Å²) in [7, 11) is 0. The zero-order chi connectivity index (χ0) is 13.3. The quantitative estimate of drug-likeness (QED) is 0.294. The van der Waals surface area contributed by atoms with Gasteiger partial charge in [0.2, 0.25) is 0 Å². The number of nitrogens with two attached hydrogens (primary N) is 1. The van der Waals surface area contributed by atoms with E-state index in [2.05, 4.69) is 0 Å². The van der Waals surface area contributed by atoms with Crippen molar-refractivity contribution in [1.29, 1.82) is 0 Å². The largest absolute Gasteiger partial charge is 0.481 e. The summed E-state index contributed by atoms with van der Waals surface area (Å²) in [6.45, 7) is -0.727. The van der Waals surface area contributed by atoms with Crippen molar-refractivity contribution >= 4 is 17.9 Å². The Morgan fingerprint density at radius 2 is 1.47 bits per heavy atom. The van der Waals surface area contributed by atoms with Crippen LogP contribution in [0.15, 0.2) is 0 Å². The van der Waals surface area contributed by atoms with Crippen LogP contribution in [-0.2, 0) is 31.5 Å². The van der Waals surface area contributed by atoms with Crippen molar-refractivity contribution in [3.8, 4) is 0 Å². The Hall–Kier alpha value is -1.19. The average Bonchev–Trinajstić information content (AvgIpc) is 2.16. The van der Waals surface area contributed by atoms with Gasteiger partial charge >= 0.3 is 17.9 Å². The number of rotatable bonds is 5. The Balaban J connectivity index is -0.000000224. The zero-order valence-electron chi connectivity index (χ0n) is 8.46. The fourth-order valence-corrected chi connectivity index (χ4v) is 0.354. The van der Waals surface area contributed by atoms with Crippen LogP contribution < -0.4 is 5.73 Å². The zero-order valence-corrected chi connectivity index (χ0v) is 9.56. The smallest absolute Gasteiger partial charge is 0.334 e. The third-order valence-corrected chi connectivity index (χ3v) is 1.17. The molecule has 0 saturated heterocycles. The van der Waals surface area contributed by atoms with E-state index in [1.165, 1.54) is 0 Å². The number of carboxylic acid groups (broad SMARTS) is 3. The van der Waals surface area contributed by atoms with Crippen molar-refractivity contribution in [1.82, 2.24) is 0 Å². The second-order valence-corrected chi connectivity index (χ2v) is 2.58. The molecule has 0 aliphatic carbocycles. The Morgan fingerprint density at radius 1 is 1.06 bits per heavy atom. The fourth-order valence-electron chi connectivity index (χ4n) is 0.354. The molecule has 102 valence electrons. The molecular weight excluding hydrogens is 282 g/mol. The van der Waals surface area contributed by atoms with Gasteiger partial charge in [0.1, 0.15) is 6.04 Å². The molecule has 0 fully saturated rings. The molecule has 17 heavy (non-hydrogen) atoms. The van der Waals surface area contributed by atoms with Gasteiger partial charge in [-0.15, -0.1) is 0 Å². The summed E-state index contributed by atoms with van der Waals surface area (Å²) in [5.41, 5.74) is 4.84. The van der Waals surface area contributed by atoms with Gasteiger partial charge in [-0.25, -0.2) is 4.79 Å². The van der Waals surface area contributed by atoms with E-state index in [9.17, 15) is 14.4 Å². The Kier molecular flexibility index (Phi) is 14.0. The molecule has 0 bridgehead atoms. The molecule has 2 atom stereocenters. The van der Waals surface area contributed by atoms with Crippen LogP contribution in [0.25, 0.3) is 0 Å². The molecule has 0 saturated carbocycles. The van der Waals surface area contributed by atoms with Crippen LogP contribution in [0, 0.1) is 0 Å². The first kappa shape index (κ1) is 21.1. The van der Waals surface area contributed by atoms with Gasteiger partial charge in [0.05, 0.1) is 13.0 Å². The topological polar surface area (TPSA) is 178 Å². The van der Waals surface area contributed by atoms with Crippen molar-refractivity contribution in [2.24, 2.45) is 5.73 Å². The molecule has 10 heteroatoms. The summed E-state index contributed by atoms with van der Waals surface area (Å²) >= 11 is 0.